The van der Waals surface area contributed by atoms with Crippen LogP contribution in [0.2, 0.25) is 0 Å². The first-order valence-corrected chi connectivity index (χ1v) is 9.22. The quantitative estimate of drug-likeness (QED) is 0.872. The van der Waals surface area contributed by atoms with E-state index in [1.54, 1.807) is 7.11 Å². The lowest BCUT2D eigenvalue weighted by Crippen LogP contribution is -2.48. The van der Waals surface area contributed by atoms with Crippen LogP contribution in [-0.4, -0.2) is 42.6 Å². The lowest BCUT2D eigenvalue weighted by atomic mass is 9.77. The van der Waals surface area contributed by atoms with E-state index in [1.807, 2.05) is 0 Å². The lowest BCUT2D eigenvalue weighted by Gasteiger charge is -2.40. The van der Waals surface area contributed by atoms with Crippen molar-refractivity contribution in [2.75, 3.05) is 20.2 Å². The molecule has 2 fully saturated rings. The van der Waals surface area contributed by atoms with Crippen molar-refractivity contribution in [3.05, 3.63) is 35.4 Å². The van der Waals surface area contributed by atoms with Crippen LogP contribution < -0.4 is 5.32 Å². The van der Waals surface area contributed by atoms with Crippen molar-refractivity contribution in [1.82, 2.24) is 10.2 Å². The molecule has 0 unspecified atom stereocenters. The summed E-state index contributed by atoms with van der Waals surface area (Å²) in [5, 5.41) is 3.23. The highest BCUT2D eigenvalue weighted by Gasteiger charge is 2.39. The zero-order valence-corrected chi connectivity index (χ0v) is 15.0. The smallest absolute Gasteiger partial charge is 0.223 e. The maximum atomic E-state index is 12.3. The Bertz CT molecular complexity index is 555. The molecule has 1 aromatic carbocycles. The van der Waals surface area contributed by atoms with E-state index in [0.717, 1.165) is 45.3 Å². The van der Waals surface area contributed by atoms with Gasteiger partial charge in [0.15, 0.2) is 0 Å². The minimum Gasteiger partial charge on any atom is -0.378 e. The predicted molar refractivity (Wildman–Crippen MR) is 95.8 cm³/mol. The Kier molecular flexibility index (Phi) is 5.57. The van der Waals surface area contributed by atoms with E-state index >= 15 is 0 Å². The Labute approximate surface area is 145 Å². The van der Waals surface area contributed by atoms with E-state index in [2.05, 4.69) is 41.4 Å². The summed E-state index contributed by atoms with van der Waals surface area (Å²) >= 11 is 0. The number of benzene rings is 1. The first-order chi connectivity index (χ1) is 11.6. The Balaban J connectivity index is 1.42. The van der Waals surface area contributed by atoms with Gasteiger partial charge in [0.25, 0.3) is 0 Å². The Morgan fingerprint density at radius 3 is 2.58 bits per heavy atom. The number of piperidine rings is 1. The van der Waals surface area contributed by atoms with E-state index in [4.69, 9.17) is 4.74 Å². The number of hydrogen-bond donors (Lipinski definition) is 1. The summed E-state index contributed by atoms with van der Waals surface area (Å²) in [6.07, 6.45) is 5.82. The van der Waals surface area contributed by atoms with Crippen LogP contribution >= 0.6 is 0 Å². The summed E-state index contributed by atoms with van der Waals surface area (Å²) in [6, 6.07) is 8.91. The molecule has 1 aromatic rings. The van der Waals surface area contributed by atoms with Crippen molar-refractivity contribution in [2.24, 2.45) is 0 Å². The maximum Gasteiger partial charge on any atom is 0.223 e. The number of ether oxygens (including phenoxy) is 1. The molecule has 0 aromatic heterocycles. The molecule has 1 saturated carbocycles. The van der Waals surface area contributed by atoms with Crippen LogP contribution in [0.1, 0.15) is 49.7 Å². The standard InChI is InChI=1S/C20H30N2O2/c1-16-6-3-4-7-17(16)15-22-12-8-18(9-13-22)21-19(23)14-20(24-2)10-5-11-20/h3-4,6-7,18H,5,8-15H2,1-2H3,(H,21,23). The van der Waals surface area contributed by atoms with Crippen molar-refractivity contribution < 1.29 is 9.53 Å². The zero-order chi connectivity index (χ0) is 17.0. The van der Waals surface area contributed by atoms with Crippen LogP contribution in [0.3, 0.4) is 0 Å². The molecule has 0 bridgehead atoms. The number of hydrogen-bond acceptors (Lipinski definition) is 3. The third-order valence-electron chi connectivity index (χ3n) is 5.79. The molecule has 4 nitrogen and oxygen atoms in total. The second kappa shape index (κ2) is 7.66. The third-order valence-corrected chi connectivity index (χ3v) is 5.79. The fourth-order valence-electron chi connectivity index (χ4n) is 3.86. The molecule has 1 heterocycles. The molecule has 3 rings (SSSR count). The Morgan fingerprint density at radius 2 is 2.00 bits per heavy atom. The fourth-order valence-corrected chi connectivity index (χ4v) is 3.86. The van der Waals surface area contributed by atoms with Gasteiger partial charge in [-0.15, -0.1) is 0 Å². The van der Waals surface area contributed by atoms with Gasteiger partial charge < -0.3 is 10.1 Å². The van der Waals surface area contributed by atoms with Gasteiger partial charge in [0, 0.05) is 32.8 Å². The van der Waals surface area contributed by atoms with Gasteiger partial charge in [0.05, 0.1) is 12.0 Å². The molecular formula is C20H30N2O2. The molecule has 1 amide bonds. The van der Waals surface area contributed by atoms with Gasteiger partial charge in [-0.25, -0.2) is 0 Å². The fraction of sp³-hybridized carbons (Fsp3) is 0.650. The summed E-state index contributed by atoms with van der Waals surface area (Å²) in [4.78, 5) is 14.8. The number of methoxy groups -OCH3 is 1. The molecule has 1 aliphatic carbocycles. The number of carbonyl (C=O) groups is 1. The number of likely N-dealkylation sites (tertiary alicyclic amines) is 1. The molecule has 1 saturated heterocycles. The van der Waals surface area contributed by atoms with Gasteiger partial charge in [0.1, 0.15) is 0 Å². The highest BCUT2D eigenvalue weighted by Crippen LogP contribution is 2.37. The summed E-state index contributed by atoms with van der Waals surface area (Å²) in [6.45, 7) is 5.29. The molecule has 0 spiro atoms. The number of aryl methyl sites for hydroxylation is 1. The number of carbonyl (C=O) groups excluding carboxylic acids is 1. The molecule has 2 aliphatic rings. The molecular weight excluding hydrogens is 300 g/mol. The molecule has 0 atom stereocenters. The van der Waals surface area contributed by atoms with Crippen LogP contribution in [-0.2, 0) is 16.1 Å². The van der Waals surface area contributed by atoms with E-state index in [9.17, 15) is 4.79 Å². The second-order valence-corrected chi connectivity index (χ2v) is 7.46. The van der Waals surface area contributed by atoms with Crippen molar-refractivity contribution >= 4 is 5.91 Å². The van der Waals surface area contributed by atoms with Crippen LogP contribution in [0.15, 0.2) is 24.3 Å². The van der Waals surface area contributed by atoms with Crippen molar-refractivity contribution in [3.63, 3.8) is 0 Å². The van der Waals surface area contributed by atoms with Crippen LogP contribution in [0.5, 0.6) is 0 Å². The summed E-state index contributed by atoms with van der Waals surface area (Å²) in [7, 11) is 1.73. The number of amides is 1. The maximum absolute atomic E-state index is 12.3. The first kappa shape index (κ1) is 17.4. The SMILES string of the molecule is COC1(CC(=O)NC2CCN(Cc3ccccc3C)CC2)CCC1. The molecule has 1 aliphatic heterocycles. The van der Waals surface area contributed by atoms with Gasteiger partial charge in [-0.1, -0.05) is 24.3 Å². The molecule has 24 heavy (non-hydrogen) atoms. The van der Waals surface area contributed by atoms with Gasteiger partial charge in [-0.3, -0.25) is 9.69 Å². The van der Waals surface area contributed by atoms with Gasteiger partial charge >= 0.3 is 0 Å². The number of nitrogens with zero attached hydrogens (tertiary/aromatic N) is 1. The van der Waals surface area contributed by atoms with Gasteiger partial charge in [0.2, 0.25) is 5.91 Å². The third kappa shape index (κ3) is 4.17. The average Bonchev–Trinajstić information content (AvgIpc) is 2.55. The van der Waals surface area contributed by atoms with Crippen molar-refractivity contribution in [3.8, 4) is 0 Å². The minimum atomic E-state index is -0.171. The van der Waals surface area contributed by atoms with E-state index in [1.165, 1.54) is 17.5 Å². The van der Waals surface area contributed by atoms with E-state index < -0.39 is 0 Å². The zero-order valence-electron chi connectivity index (χ0n) is 15.0. The molecule has 0 radical (unpaired) electrons. The van der Waals surface area contributed by atoms with Crippen LogP contribution in [0.4, 0.5) is 0 Å². The van der Waals surface area contributed by atoms with Crippen molar-refractivity contribution in [2.45, 2.75) is 63.6 Å². The largest absolute Gasteiger partial charge is 0.378 e. The Morgan fingerprint density at radius 1 is 1.29 bits per heavy atom. The molecule has 1 N–H and O–H groups in total. The second-order valence-electron chi connectivity index (χ2n) is 7.46. The van der Waals surface area contributed by atoms with E-state index in [-0.39, 0.29) is 11.5 Å². The lowest BCUT2D eigenvalue weighted by molar-refractivity contribution is -0.135. The summed E-state index contributed by atoms with van der Waals surface area (Å²) < 4.78 is 5.56. The summed E-state index contributed by atoms with van der Waals surface area (Å²) in [5.74, 6) is 0.161. The van der Waals surface area contributed by atoms with Gasteiger partial charge in [-0.05, 0) is 50.2 Å². The highest BCUT2D eigenvalue weighted by atomic mass is 16.5. The minimum absolute atomic E-state index is 0.161. The van der Waals surface area contributed by atoms with Crippen LogP contribution in [0, 0.1) is 6.92 Å². The average molecular weight is 330 g/mol. The topological polar surface area (TPSA) is 41.6 Å². The molecule has 132 valence electrons. The first-order valence-electron chi connectivity index (χ1n) is 9.22. The molecule has 4 heteroatoms. The van der Waals surface area contributed by atoms with Crippen molar-refractivity contribution in [1.29, 1.82) is 0 Å². The monoisotopic (exact) mass is 330 g/mol. The summed E-state index contributed by atoms with van der Waals surface area (Å²) in [5.41, 5.74) is 2.60. The number of nitrogens with one attached hydrogen (secondary N) is 1. The van der Waals surface area contributed by atoms with Crippen LogP contribution in [0.25, 0.3) is 0 Å². The number of rotatable bonds is 6. The Hall–Kier alpha value is -1.39. The van der Waals surface area contributed by atoms with E-state index in [0.29, 0.717) is 12.5 Å². The normalized spacial score (nSPS) is 21.2. The van der Waals surface area contributed by atoms with Gasteiger partial charge in [-0.2, -0.15) is 0 Å². The predicted octanol–water partition coefficient (Wildman–Crippen LogP) is 3.03. The highest BCUT2D eigenvalue weighted by molar-refractivity contribution is 5.77.